The Morgan fingerprint density at radius 1 is 0.792 bits per heavy atom. The van der Waals surface area contributed by atoms with E-state index in [0.29, 0.717) is 0 Å². The molecular weight excluding hydrogens is 292 g/mol. The Hall–Kier alpha value is -0.980. The minimum atomic E-state index is 0.968. The molecule has 2 saturated carbocycles. The van der Waals surface area contributed by atoms with Gasteiger partial charge in [0.15, 0.2) is 0 Å². The summed E-state index contributed by atoms with van der Waals surface area (Å²) in [6, 6.07) is 8.66. The van der Waals surface area contributed by atoms with Gasteiger partial charge in [0.2, 0.25) is 0 Å². The van der Waals surface area contributed by atoms with Crippen LogP contribution in [0.15, 0.2) is 24.3 Å². The zero-order chi connectivity index (χ0) is 16.8. The average Bonchev–Trinajstić information content (AvgIpc) is 2.67. The van der Waals surface area contributed by atoms with Gasteiger partial charge in [-0.15, -0.1) is 0 Å². The molecule has 24 heavy (non-hydrogen) atoms. The van der Waals surface area contributed by atoms with E-state index in [-0.39, 0.29) is 0 Å². The highest BCUT2D eigenvalue weighted by molar-refractivity contribution is 5.27. The lowest BCUT2D eigenvalue weighted by Gasteiger charge is -2.37. The first kappa shape index (κ1) is 17.8. The van der Waals surface area contributed by atoms with Crippen LogP contribution in [-0.2, 0) is 6.42 Å². The number of ether oxygens (including phenoxy) is 1. The molecule has 1 aromatic rings. The Morgan fingerprint density at radius 3 is 1.83 bits per heavy atom. The number of benzene rings is 1. The van der Waals surface area contributed by atoms with Crippen LogP contribution in [-0.4, -0.2) is 7.11 Å². The molecule has 0 atom stereocenters. The van der Waals surface area contributed by atoms with Crippen molar-refractivity contribution in [2.24, 2.45) is 23.7 Å². The summed E-state index contributed by atoms with van der Waals surface area (Å²) in [5.41, 5.74) is 1.47. The molecule has 1 aromatic carbocycles. The van der Waals surface area contributed by atoms with E-state index < -0.39 is 0 Å². The van der Waals surface area contributed by atoms with Crippen molar-refractivity contribution in [3.8, 4) is 5.75 Å². The molecule has 1 nitrogen and oxygen atoms in total. The van der Waals surface area contributed by atoms with Gasteiger partial charge in [-0.1, -0.05) is 51.2 Å². The van der Waals surface area contributed by atoms with E-state index in [1.165, 1.54) is 76.2 Å². The molecule has 134 valence electrons. The summed E-state index contributed by atoms with van der Waals surface area (Å²) in [5.74, 6) is 5.10. The van der Waals surface area contributed by atoms with Gasteiger partial charge in [0.1, 0.15) is 5.75 Å². The van der Waals surface area contributed by atoms with Crippen LogP contribution in [0.25, 0.3) is 0 Å². The number of aryl methyl sites for hydroxylation is 1. The van der Waals surface area contributed by atoms with Crippen LogP contribution in [0.1, 0.15) is 76.7 Å². The number of rotatable bonds is 6. The van der Waals surface area contributed by atoms with Crippen LogP contribution in [0, 0.1) is 23.7 Å². The molecule has 2 aliphatic carbocycles. The van der Waals surface area contributed by atoms with Gasteiger partial charge in [-0.05, 0) is 79.9 Å². The van der Waals surface area contributed by atoms with E-state index in [9.17, 15) is 0 Å². The van der Waals surface area contributed by atoms with Gasteiger partial charge in [-0.25, -0.2) is 0 Å². The Labute approximate surface area is 149 Å². The van der Waals surface area contributed by atoms with E-state index in [1.54, 1.807) is 7.11 Å². The van der Waals surface area contributed by atoms with E-state index >= 15 is 0 Å². The Kier molecular flexibility index (Phi) is 6.63. The van der Waals surface area contributed by atoms with Crippen molar-refractivity contribution < 1.29 is 4.74 Å². The molecule has 2 aliphatic rings. The highest BCUT2D eigenvalue weighted by atomic mass is 16.5. The lowest BCUT2D eigenvalue weighted by Crippen LogP contribution is -2.25. The first-order chi connectivity index (χ1) is 11.8. The highest BCUT2D eigenvalue weighted by Gasteiger charge is 2.30. The minimum absolute atomic E-state index is 0.968. The molecule has 3 rings (SSSR count). The van der Waals surface area contributed by atoms with Gasteiger partial charge in [-0.3, -0.25) is 0 Å². The fraction of sp³-hybridized carbons (Fsp3) is 0.739. The fourth-order valence-corrected chi connectivity index (χ4v) is 5.18. The SMILES string of the molecule is CCC1CCC(C2CCC(CCc3ccc(OC)cc3)CC2)CC1. The average molecular weight is 329 g/mol. The van der Waals surface area contributed by atoms with Gasteiger partial charge in [0, 0.05) is 0 Å². The lowest BCUT2D eigenvalue weighted by molar-refractivity contribution is 0.142. The van der Waals surface area contributed by atoms with Crippen molar-refractivity contribution in [1.82, 2.24) is 0 Å². The normalized spacial score (nSPS) is 30.9. The van der Waals surface area contributed by atoms with Crippen LogP contribution in [0.2, 0.25) is 0 Å². The predicted molar refractivity (Wildman–Crippen MR) is 103 cm³/mol. The van der Waals surface area contributed by atoms with Crippen molar-refractivity contribution in [1.29, 1.82) is 0 Å². The van der Waals surface area contributed by atoms with Crippen LogP contribution in [0.5, 0.6) is 5.75 Å². The van der Waals surface area contributed by atoms with Crippen LogP contribution in [0.4, 0.5) is 0 Å². The minimum Gasteiger partial charge on any atom is -0.497 e. The van der Waals surface area contributed by atoms with Crippen LogP contribution >= 0.6 is 0 Å². The number of hydrogen-bond donors (Lipinski definition) is 0. The zero-order valence-corrected chi connectivity index (χ0v) is 15.8. The first-order valence-electron chi connectivity index (χ1n) is 10.4. The number of hydrogen-bond acceptors (Lipinski definition) is 1. The standard InChI is InChI=1S/C23H36O/c1-3-18-6-12-21(13-7-18)22-14-8-19(9-15-22)4-5-20-10-16-23(24-2)17-11-20/h10-11,16-19,21-22H,3-9,12-15H2,1-2H3. The molecule has 0 radical (unpaired) electrons. The van der Waals surface area contributed by atoms with E-state index in [4.69, 9.17) is 4.74 Å². The summed E-state index contributed by atoms with van der Waals surface area (Å²) in [6.45, 7) is 2.37. The fourth-order valence-electron chi connectivity index (χ4n) is 5.18. The van der Waals surface area contributed by atoms with Crippen molar-refractivity contribution in [2.45, 2.75) is 77.6 Å². The Morgan fingerprint density at radius 2 is 1.33 bits per heavy atom. The van der Waals surface area contributed by atoms with Gasteiger partial charge in [-0.2, -0.15) is 0 Å². The molecule has 0 saturated heterocycles. The summed E-state index contributed by atoms with van der Waals surface area (Å²) < 4.78 is 5.25. The monoisotopic (exact) mass is 328 g/mol. The maximum absolute atomic E-state index is 5.25. The summed E-state index contributed by atoms with van der Waals surface area (Å²) in [4.78, 5) is 0. The molecule has 0 aliphatic heterocycles. The maximum atomic E-state index is 5.25. The van der Waals surface area contributed by atoms with E-state index in [0.717, 1.165) is 29.4 Å². The van der Waals surface area contributed by atoms with Crippen molar-refractivity contribution in [3.63, 3.8) is 0 Å². The highest BCUT2D eigenvalue weighted by Crippen LogP contribution is 2.42. The molecule has 1 heteroatoms. The molecule has 0 bridgehead atoms. The largest absolute Gasteiger partial charge is 0.497 e. The van der Waals surface area contributed by atoms with Gasteiger partial charge in [0.05, 0.1) is 7.11 Å². The second-order valence-corrected chi connectivity index (χ2v) is 8.36. The Bertz CT molecular complexity index is 461. The molecular formula is C23H36O. The van der Waals surface area contributed by atoms with Gasteiger partial charge >= 0.3 is 0 Å². The molecule has 0 heterocycles. The molecule has 2 fully saturated rings. The van der Waals surface area contributed by atoms with Crippen molar-refractivity contribution >= 4 is 0 Å². The first-order valence-corrected chi connectivity index (χ1v) is 10.4. The van der Waals surface area contributed by atoms with Crippen LogP contribution in [0.3, 0.4) is 0 Å². The Balaban J connectivity index is 1.37. The topological polar surface area (TPSA) is 9.23 Å². The predicted octanol–water partition coefficient (Wildman–Crippen LogP) is 6.65. The third kappa shape index (κ3) is 4.77. The maximum Gasteiger partial charge on any atom is 0.118 e. The van der Waals surface area contributed by atoms with Crippen molar-refractivity contribution in [3.05, 3.63) is 29.8 Å². The summed E-state index contributed by atoms with van der Waals surface area (Å²) in [7, 11) is 1.74. The lowest BCUT2D eigenvalue weighted by atomic mass is 9.68. The van der Waals surface area contributed by atoms with E-state index in [2.05, 4.69) is 31.2 Å². The van der Waals surface area contributed by atoms with E-state index in [1.807, 2.05) is 0 Å². The third-order valence-electron chi connectivity index (χ3n) is 7.03. The van der Waals surface area contributed by atoms with Gasteiger partial charge < -0.3 is 4.74 Å². The molecule has 0 amide bonds. The molecule has 0 N–H and O–H groups in total. The molecule has 0 aromatic heterocycles. The zero-order valence-electron chi connectivity index (χ0n) is 15.8. The van der Waals surface area contributed by atoms with Gasteiger partial charge in [0.25, 0.3) is 0 Å². The summed E-state index contributed by atoms with van der Waals surface area (Å²) >= 11 is 0. The summed E-state index contributed by atoms with van der Waals surface area (Å²) in [6.07, 6.45) is 16.1. The van der Waals surface area contributed by atoms with Crippen molar-refractivity contribution in [2.75, 3.05) is 7.11 Å². The molecule has 0 spiro atoms. The second kappa shape index (κ2) is 8.92. The quantitative estimate of drug-likeness (QED) is 0.568. The molecule has 0 unspecified atom stereocenters. The smallest absolute Gasteiger partial charge is 0.118 e. The third-order valence-corrected chi connectivity index (χ3v) is 7.03. The summed E-state index contributed by atoms with van der Waals surface area (Å²) in [5, 5.41) is 0. The number of methoxy groups -OCH3 is 1. The second-order valence-electron chi connectivity index (χ2n) is 8.36. The van der Waals surface area contributed by atoms with Crippen LogP contribution < -0.4 is 4.74 Å².